The number of aryl methyl sites for hydroxylation is 1. The van der Waals surface area contributed by atoms with E-state index in [1.807, 2.05) is 19.1 Å². The Morgan fingerprint density at radius 2 is 1.83 bits per heavy atom. The third kappa shape index (κ3) is 5.43. The fourth-order valence-electron chi connectivity index (χ4n) is 1.82. The molecule has 2 N–H and O–H groups in total. The van der Waals surface area contributed by atoms with Crippen molar-refractivity contribution in [2.75, 3.05) is 11.9 Å². The van der Waals surface area contributed by atoms with Gasteiger partial charge in [0.1, 0.15) is 0 Å². The van der Waals surface area contributed by atoms with Gasteiger partial charge in [-0.15, -0.1) is 0 Å². The molecule has 0 heterocycles. The zero-order valence-electron chi connectivity index (χ0n) is 12.2. The largest absolute Gasteiger partial charge is 0.376 e. The Morgan fingerprint density at radius 1 is 1.13 bits per heavy atom. The van der Waals surface area contributed by atoms with Crippen LogP contribution in [0.15, 0.2) is 41.5 Å². The van der Waals surface area contributed by atoms with Crippen LogP contribution < -0.4 is 10.7 Å². The van der Waals surface area contributed by atoms with Crippen molar-refractivity contribution in [1.82, 2.24) is 5.43 Å². The molecule has 0 radical (unpaired) electrons. The Kier molecular flexibility index (Phi) is 6.28. The Morgan fingerprint density at radius 3 is 2.52 bits per heavy atom. The van der Waals surface area contributed by atoms with Gasteiger partial charge in [-0.25, -0.2) is 5.43 Å². The fourth-order valence-corrected chi connectivity index (χ4v) is 2.50. The molecule has 2 aromatic carbocycles. The van der Waals surface area contributed by atoms with Crippen molar-refractivity contribution in [3.8, 4) is 0 Å². The number of rotatable bonds is 5. The van der Waals surface area contributed by atoms with Crippen LogP contribution in [0.5, 0.6) is 0 Å². The molecule has 0 aliphatic heterocycles. The first kappa shape index (κ1) is 17.6. The van der Waals surface area contributed by atoms with E-state index in [4.69, 9.17) is 34.8 Å². The monoisotopic (exact) mass is 369 g/mol. The van der Waals surface area contributed by atoms with Crippen LogP contribution in [0.25, 0.3) is 0 Å². The van der Waals surface area contributed by atoms with Crippen LogP contribution in [0.2, 0.25) is 15.1 Å². The Balaban J connectivity index is 1.86. The van der Waals surface area contributed by atoms with E-state index in [0.717, 1.165) is 11.3 Å². The van der Waals surface area contributed by atoms with Crippen LogP contribution in [0.1, 0.15) is 11.1 Å². The van der Waals surface area contributed by atoms with Gasteiger partial charge >= 0.3 is 0 Å². The van der Waals surface area contributed by atoms with E-state index < -0.39 is 0 Å². The Bertz CT molecular complexity index is 747. The van der Waals surface area contributed by atoms with Crippen LogP contribution in [0.3, 0.4) is 0 Å². The number of hydrogen-bond donors (Lipinski definition) is 2. The Hall–Kier alpha value is -1.75. The molecule has 0 saturated heterocycles. The van der Waals surface area contributed by atoms with Crippen molar-refractivity contribution in [3.63, 3.8) is 0 Å². The first-order valence-corrected chi connectivity index (χ1v) is 7.86. The fraction of sp³-hybridized carbons (Fsp3) is 0.125. The molecule has 0 aliphatic rings. The number of carbonyl (C=O) groups excluding carboxylic acids is 1. The molecule has 2 aromatic rings. The van der Waals surface area contributed by atoms with Crippen LogP contribution in [0.4, 0.5) is 5.69 Å². The molecule has 4 nitrogen and oxygen atoms in total. The molecular weight excluding hydrogens is 357 g/mol. The average Bonchev–Trinajstić information content (AvgIpc) is 2.48. The van der Waals surface area contributed by atoms with E-state index in [1.165, 1.54) is 6.21 Å². The maximum atomic E-state index is 11.8. The molecular formula is C16H14Cl3N3O. The molecule has 0 saturated carbocycles. The summed E-state index contributed by atoms with van der Waals surface area (Å²) in [4.78, 5) is 11.8. The van der Waals surface area contributed by atoms with E-state index in [9.17, 15) is 4.79 Å². The minimum Gasteiger partial charge on any atom is -0.376 e. The zero-order valence-corrected chi connectivity index (χ0v) is 14.5. The number of halogens is 3. The van der Waals surface area contributed by atoms with Crippen molar-refractivity contribution in [3.05, 3.63) is 62.6 Å². The highest BCUT2D eigenvalue weighted by atomic mass is 35.5. The first-order chi connectivity index (χ1) is 11.0. The first-order valence-electron chi connectivity index (χ1n) is 6.72. The summed E-state index contributed by atoms with van der Waals surface area (Å²) in [5.41, 5.74) is 4.89. The number of anilines is 1. The predicted octanol–water partition coefficient (Wildman–Crippen LogP) is 4.52. The van der Waals surface area contributed by atoms with Crippen molar-refractivity contribution in [2.45, 2.75) is 6.92 Å². The van der Waals surface area contributed by atoms with Crippen molar-refractivity contribution in [1.29, 1.82) is 0 Å². The lowest BCUT2D eigenvalue weighted by Gasteiger charge is -2.08. The summed E-state index contributed by atoms with van der Waals surface area (Å²) >= 11 is 17.7. The second-order valence-electron chi connectivity index (χ2n) is 4.77. The number of hydrazone groups is 1. The number of nitrogens with one attached hydrogen (secondary N) is 2. The number of nitrogens with zero attached hydrogens (tertiary/aromatic N) is 1. The van der Waals surface area contributed by atoms with Crippen LogP contribution in [0, 0.1) is 6.92 Å². The Labute approximate surface area is 149 Å². The molecule has 23 heavy (non-hydrogen) atoms. The molecule has 0 unspecified atom stereocenters. The third-order valence-electron chi connectivity index (χ3n) is 2.98. The second kappa shape index (κ2) is 8.20. The summed E-state index contributed by atoms with van der Waals surface area (Å²) in [6, 6.07) is 10.4. The third-order valence-corrected chi connectivity index (χ3v) is 3.78. The molecule has 1 amide bonds. The predicted molar refractivity (Wildman–Crippen MR) is 96.9 cm³/mol. The lowest BCUT2D eigenvalue weighted by atomic mass is 10.2. The second-order valence-corrected chi connectivity index (χ2v) is 6.05. The molecule has 0 aliphatic carbocycles. The van der Waals surface area contributed by atoms with Gasteiger partial charge in [0, 0.05) is 21.3 Å². The quantitative estimate of drug-likeness (QED) is 0.600. The van der Waals surface area contributed by atoms with Crippen molar-refractivity contribution in [2.24, 2.45) is 5.10 Å². The summed E-state index contributed by atoms with van der Waals surface area (Å²) in [7, 11) is 0. The normalized spacial score (nSPS) is 10.8. The van der Waals surface area contributed by atoms with Gasteiger partial charge in [-0.1, -0.05) is 40.9 Å². The molecule has 0 aromatic heterocycles. The van der Waals surface area contributed by atoms with Crippen LogP contribution in [-0.4, -0.2) is 18.7 Å². The standard InChI is InChI=1S/C16H14Cl3N3O/c1-10-6-12(17)4-5-15(10)20-9-16(23)22-21-8-11-2-3-13(18)7-14(11)19/h2-8,20H,9H2,1H3,(H,22,23). The van der Waals surface area contributed by atoms with Crippen LogP contribution >= 0.6 is 34.8 Å². The van der Waals surface area contributed by atoms with Crippen molar-refractivity contribution >= 4 is 52.6 Å². The van der Waals surface area contributed by atoms with Gasteiger partial charge in [-0.3, -0.25) is 4.79 Å². The number of hydrogen-bond acceptors (Lipinski definition) is 3. The van der Waals surface area contributed by atoms with Gasteiger partial charge in [0.25, 0.3) is 5.91 Å². The maximum absolute atomic E-state index is 11.8. The molecule has 2 rings (SSSR count). The summed E-state index contributed by atoms with van der Waals surface area (Å²) < 4.78 is 0. The van der Waals surface area contributed by atoms with Crippen molar-refractivity contribution < 1.29 is 4.79 Å². The summed E-state index contributed by atoms with van der Waals surface area (Å²) in [6.45, 7) is 2.00. The van der Waals surface area contributed by atoms with Gasteiger partial charge in [-0.05, 0) is 42.8 Å². The van der Waals surface area contributed by atoms with Gasteiger partial charge in [0.05, 0.1) is 17.8 Å². The van der Waals surface area contributed by atoms with Gasteiger partial charge in [-0.2, -0.15) is 5.10 Å². The minimum atomic E-state index is -0.277. The van der Waals surface area contributed by atoms with Gasteiger partial charge in [0.15, 0.2) is 0 Å². The zero-order chi connectivity index (χ0) is 16.8. The van der Waals surface area contributed by atoms with Gasteiger partial charge < -0.3 is 5.32 Å². The number of amides is 1. The van der Waals surface area contributed by atoms with E-state index >= 15 is 0 Å². The SMILES string of the molecule is Cc1cc(Cl)ccc1NCC(=O)NN=Cc1ccc(Cl)cc1Cl. The van der Waals surface area contributed by atoms with Gasteiger partial charge in [0.2, 0.25) is 0 Å². The van der Waals surface area contributed by atoms with E-state index in [1.54, 1.807) is 24.3 Å². The molecule has 0 spiro atoms. The smallest absolute Gasteiger partial charge is 0.259 e. The highest BCUT2D eigenvalue weighted by molar-refractivity contribution is 6.36. The summed E-state index contributed by atoms with van der Waals surface area (Å²) in [5, 5.41) is 8.55. The molecule has 120 valence electrons. The summed E-state index contributed by atoms with van der Waals surface area (Å²) in [6.07, 6.45) is 1.46. The van der Waals surface area contributed by atoms with E-state index in [-0.39, 0.29) is 12.5 Å². The maximum Gasteiger partial charge on any atom is 0.259 e. The lowest BCUT2D eigenvalue weighted by Crippen LogP contribution is -2.26. The average molecular weight is 371 g/mol. The topological polar surface area (TPSA) is 53.5 Å². The molecule has 0 fully saturated rings. The molecule has 7 heteroatoms. The molecule has 0 bridgehead atoms. The minimum absolute atomic E-state index is 0.0914. The van der Waals surface area contributed by atoms with Crippen LogP contribution in [-0.2, 0) is 4.79 Å². The number of carbonyl (C=O) groups is 1. The lowest BCUT2D eigenvalue weighted by molar-refractivity contribution is -0.119. The summed E-state index contributed by atoms with van der Waals surface area (Å²) in [5.74, 6) is -0.277. The van der Waals surface area contributed by atoms with E-state index in [0.29, 0.717) is 20.6 Å². The van der Waals surface area contributed by atoms with E-state index in [2.05, 4.69) is 15.8 Å². The molecule has 0 atom stereocenters. The number of benzene rings is 2. The highest BCUT2D eigenvalue weighted by Gasteiger charge is 2.03. The highest BCUT2D eigenvalue weighted by Crippen LogP contribution is 2.20.